The van der Waals surface area contributed by atoms with Gasteiger partial charge in [0.25, 0.3) is 0 Å². The molecule has 0 aliphatic rings. The Kier molecular flexibility index (Phi) is 3.50. The molecule has 0 heterocycles. The fourth-order valence-electron chi connectivity index (χ4n) is 1.44. The van der Waals surface area contributed by atoms with Gasteiger partial charge in [-0.05, 0) is 55.5 Å². The second-order valence-electron chi connectivity index (χ2n) is 3.58. The maximum atomic E-state index is 5.66. The van der Waals surface area contributed by atoms with Crippen LogP contribution in [0.2, 0.25) is 0 Å². The van der Waals surface area contributed by atoms with Crippen molar-refractivity contribution in [1.29, 1.82) is 0 Å². The third-order valence-electron chi connectivity index (χ3n) is 2.25. The lowest BCUT2D eigenvalue weighted by molar-refractivity contribution is 0.339. The number of benzene rings is 2. The van der Waals surface area contributed by atoms with Gasteiger partial charge in [0.05, 0.1) is 6.61 Å². The Balaban J connectivity index is 2.05. The summed E-state index contributed by atoms with van der Waals surface area (Å²) in [6.07, 6.45) is 0. The maximum absolute atomic E-state index is 5.66. The number of hydrogen-bond donors (Lipinski definition) is 1. The molecule has 0 spiro atoms. The van der Waals surface area contributed by atoms with Gasteiger partial charge in [-0.3, -0.25) is 0 Å². The van der Waals surface area contributed by atoms with Gasteiger partial charge in [0.1, 0.15) is 17.2 Å². The van der Waals surface area contributed by atoms with Crippen LogP contribution in [0.15, 0.2) is 48.5 Å². The van der Waals surface area contributed by atoms with Crippen LogP contribution in [0.25, 0.3) is 0 Å². The zero-order valence-corrected chi connectivity index (χ0v) is 9.72. The lowest BCUT2D eigenvalue weighted by Gasteiger charge is -2.07. The minimum Gasteiger partial charge on any atom is -0.494 e. The zero-order valence-electron chi connectivity index (χ0n) is 9.72. The molecule has 0 aliphatic heterocycles. The van der Waals surface area contributed by atoms with Crippen molar-refractivity contribution in [1.82, 2.24) is 0 Å². The van der Waals surface area contributed by atoms with E-state index in [1.807, 2.05) is 55.5 Å². The third-order valence-corrected chi connectivity index (χ3v) is 2.25. The summed E-state index contributed by atoms with van der Waals surface area (Å²) in [5, 5.41) is 0. The van der Waals surface area contributed by atoms with Crippen LogP contribution in [-0.4, -0.2) is 6.61 Å². The van der Waals surface area contributed by atoms with E-state index in [9.17, 15) is 0 Å². The van der Waals surface area contributed by atoms with Crippen LogP contribution in [0.3, 0.4) is 0 Å². The van der Waals surface area contributed by atoms with E-state index in [1.165, 1.54) is 0 Å². The summed E-state index contributed by atoms with van der Waals surface area (Å²) in [7, 11) is 0. The Morgan fingerprint density at radius 3 is 1.82 bits per heavy atom. The molecule has 2 aromatic rings. The minimum absolute atomic E-state index is 0.665. The van der Waals surface area contributed by atoms with Crippen LogP contribution >= 0.6 is 0 Å². The molecule has 2 aromatic carbocycles. The topological polar surface area (TPSA) is 44.5 Å². The maximum Gasteiger partial charge on any atom is 0.127 e. The van der Waals surface area contributed by atoms with E-state index in [4.69, 9.17) is 15.2 Å². The Morgan fingerprint density at radius 1 is 0.824 bits per heavy atom. The first-order valence-corrected chi connectivity index (χ1v) is 5.54. The fourth-order valence-corrected chi connectivity index (χ4v) is 1.44. The van der Waals surface area contributed by atoms with Crippen molar-refractivity contribution in [3.63, 3.8) is 0 Å². The molecular weight excluding hydrogens is 214 g/mol. The number of nitrogen functional groups attached to an aromatic ring is 1. The molecule has 0 saturated heterocycles. The molecule has 0 radical (unpaired) electrons. The molecule has 0 aliphatic carbocycles. The molecule has 17 heavy (non-hydrogen) atoms. The van der Waals surface area contributed by atoms with E-state index in [-0.39, 0.29) is 0 Å². The molecule has 2 N–H and O–H groups in total. The first kappa shape index (κ1) is 11.3. The Morgan fingerprint density at radius 2 is 1.29 bits per heavy atom. The molecular formula is C14H15NO2. The summed E-state index contributed by atoms with van der Waals surface area (Å²) in [6, 6.07) is 14.8. The average Bonchev–Trinajstić information content (AvgIpc) is 2.35. The summed E-state index contributed by atoms with van der Waals surface area (Å²) < 4.78 is 11.0. The monoisotopic (exact) mass is 229 g/mol. The summed E-state index contributed by atoms with van der Waals surface area (Å²) in [4.78, 5) is 0. The summed E-state index contributed by atoms with van der Waals surface area (Å²) in [6.45, 7) is 2.62. The lowest BCUT2D eigenvalue weighted by Crippen LogP contribution is -1.91. The summed E-state index contributed by atoms with van der Waals surface area (Å²) in [5.41, 5.74) is 6.33. The summed E-state index contributed by atoms with van der Waals surface area (Å²) in [5.74, 6) is 2.39. The third kappa shape index (κ3) is 3.14. The van der Waals surface area contributed by atoms with Crippen molar-refractivity contribution in [3.8, 4) is 17.2 Å². The number of anilines is 1. The van der Waals surface area contributed by atoms with Gasteiger partial charge >= 0.3 is 0 Å². The second-order valence-corrected chi connectivity index (χ2v) is 3.58. The van der Waals surface area contributed by atoms with E-state index in [2.05, 4.69) is 0 Å². The van der Waals surface area contributed by atoms with Gasteiger partial charge in [0.2, 0.25) is 0 Å². The number of hydrogen-bond acceptors (Lipinski definition) is 3. The number of ether oxygens (including phenoxy) is 2. The molecule has 0 saturated carbocycles. The predicted molar refractivity (Wildman–Crippen MR) is 68.5 cm³/mol. The predicted octanol–water partition coefficient (Wildman–Crippen LogP) is 3.46. The van der Waals surface area contributed by atoms with Crippen molar-refractivity contribution in [3.05, 3.63) is 48.5 Å². The molecule has 0 fully saturated rings. The van der Waals surface area contributed by atoms with E-state index >= 15 is 0 Å². The normalized spacial score (nSPS) is 9.94. The first-order chi connectivity index (χ1) is 8.28. The van der Waals surface area contributed by atoms with Gasteiger partial charge < -0.3 is 15.2 Å². The molecule has 0 amide bonds. The van der Waals surface area contributed by atoms with E-state index in [1.54, 1.807) is 0 Å². The zero-order chi connectivity index (χ0) is 12.1. The second kappa shape index (κ2) is 5.25. The minimum atomic E-state index is 0.665. The van der Waals surface area contributed by atoms with Crippen molar-refractivity contribution in [2.45, 2.75) is 6.92 Å². The highest BCUT2D eigenvalue weighted by Gasteiger charge is 1.98. The van der Waals surface area contributed by atoms with Crippen molar-refractivity contribution in [2.75, 3.05) is 12.3 Å². The van der Waals surface area contributed by atoms with Crippen molar-refractivity contribution < 1.29 is 9.47 Å². The van der Waals surface area contributed by atoms with Crippen LogP contribution in [-0.2, 0) is 0 Å². The fraction of sp³-hybridized carbons (Fsp3) is 0.143. The Labute approximate surface area is 101 Å². The number of nitrogens with two attached hydrogens (primary N) is 1. The highest BCUT2D eigenvalue weighted by atomic mass is 16.5. The Bertz CT molecular complexity index is 463. The Hall–Kier alpha value is -2.16. The summed E-state index contributed by atoms with van der Waals surface area (Å²) >= 11 is 0. The van der Waals surface area contributed by atoms with Crippen LogP contribution in [0, 0.1) is 0 Å². The largest absolute Gasteiger partial charge is 0.494 e. The molecule has 3 heteroatoms. The smallest absolute Gasteiger partial charge is 0.127 e. The van der Waals surface area contributed by atoms with Crippen LogP contribution in [0.4, 0.5) is 5.69 Å². The van der Waals surface area contributed by atoms with E-state index in [0.717, 1.165) is 22.9 Å². The van der Waals surface area contributed by atoms with E-state index in [0.29, 0.717) is 6.61 Å². The molecule has 88 valence electrons. The molecule has 3 nitrogen and oxygen atoms in total. The van der Waals surface area contributed by atoms with Crippen molar-refractivity contribution >= 4 is 5.69 Å². The van der Waals surface area contributed by atoms with Gasteiger partial charge in [-0.2, -0.15) is 0 Å². The van der Waals surface area contributed by atoms with Crippen LogP contribution < -0.4 is 15.2 Å². The highest BCUT2D eigenvalue weighted by molar-refractivity contribution is 5.43. The van der Waals surface area contributed by atoms with Gasteiger partial charge in [-0.1, -0.05) is 0 Å². The van der Waals surface area contributed by atoms with Crippen LogP contribution in [0.5, 0.6) is 17.2 Å². The highest BCUT2D eigenvalue weighted by Crippen LogP contribution is 2.24. The van der Waals surface area contributed by atoms with Gasteiger partial charge in [0, 0.05) is 5.69 Å². The standard InChI is InChI=1S/C14H15NO2/c1-2-16-12-7-9-14(10-8-12)17-13-5-3-11(15)4-6-13/h3-10H,2,15H2,1H3. The molecule has 0 bridgehead atoms. The molecule has 0 aromatic heterocycles. The first-order valence-electron chi connectivity index (χ1n) is 5.54. The van der Waals surface area contributed by atoms with Crippen molar-refractivity contribution in [2.24, 2.45) is 0 Å². The average molecular weight is 229 g/mol. The SMILES string of the molecule is CCOc1ccc(Oc2ccc(N)cc2)cc1. The lowest BCUT2D eigenvalue weighted by atomic mass is 10.3. The van der Waals surface area contributed by atoms with Crippen LogP contribution in [0.1, 0.15) is 6.92 Å². The van der Waals surface area contributed by atoms with Gasteiger partial charge in [0.15, 0.2) is 0 Å². The quantitative estimate of drug-likeness (QED) is 0.816. The molecule has 2 rings (SSSR count). The van der Waals surface area contributed by atoms with Gasteiger partial charge in [-0.15, -0.1) is 0 Å². The molecule has 0 unspecified atom stereocenters. The number of rotatable bonds is 4. The van der Waals surface area contributed by atoms with E-state index < -0.39 is 0 Å². The van der Waals surface area contributed by atoms with Gasteiger partial charge in [-0.25, -0.2) is 0 Å². The molecule has 0 atom stereocenters.